The number of halogens is 4. The maximum Gasteiger partial charge on any atom is 0.261 e. The van der Waals surface area contributed by atoms with E-state index >= 15 is 0 Å². The maximum absolute atomic E-state index is 13.0. The molecule has 162 valence electrons. The Morgan fingerprint density at radius 3 is 2.37 bits per heavy atom. The lowest BCUT2D eigenvalue weighted by molar-refractivity contribution is -0.142. The van der Waals surface area contributed by atoms with Crippen molar-refractivity contribution in [3.63, 3.8) is 0 Å². The van der Waals surface area contributed by atoms with Crippen LogP contribution in [0.5, 0.6) is 5.75 Å². The molecule has 5 nitrogen and oxygen atoms in total. The number of hydrogen-bond donors (Lipinski definition) is 1. The monoisotopic (exact) mass is 534 g/mol. The van der Waals surface area contributed by atoms with Gasteiger partial charge in [0.2, 0.25) is 5.91 Å². The Morgan fingerprint density at radius 1 is 1.07 bits per heavy atom. The second-order valence-corrected chi connectivity index (χ2v) is 9.08. The second-order valence-electron chi connectivity index (χ2n) is 6.97. The lowest BCUT2D eigenvalue weighted by Gasteiger charge is -2.29. The quantitative estimate of drug-likeness (QED) is 0.469. The molecule has 0 aliphatic carbocycles. The number of amides is 2. The van der Waals surface area contributed by atoms with Crippen LogP contribution in [0.3, 0.4) is 0 Å². The van der Waals surface area contributed by atoms with Crippen LogP contribution < -0.4 is 10.1 Å². The number of nitrogens with one attached hydrogen (secondary N) is 1. The summed E-state index contributed by atoms with van der Waals surface area (Å²) in [6.45, 7) is 5.31. The number of carbonyl (C=O) groups is 2. The van der Waals surface area contributed by atoms with E-state index in [4.69, 9.17) is 39.5 Å². The largest absolute Gasteiger partial charge is 0.483 e. The summed E-state index contributed by atoms with van der Waals surface area (Å²) in [5, 5.41) is 4.17. The zero-order valence-electron chi connectivity index (χ0n) is 16.7. The van der Waals surface area contributed by atoms with Gasteiger partial charge in [-0.15, -0.1) is 0 Å². The number of rotatable bonds is 8. The topological polar surface area (TPSA) is 58.6 Å². The van der Waals surface area contributed by atoms with Crippen molar-refractivity contribution in [2.75, 3.05) is 6.61 Å². The fraction of sp³-hybridized carbons (Fsp3) is 0.333. The summed E-state index contributed by atoms with van der Waals surface area (Å²) in [7, 11) is 0. The average Bonchev–Trinajstić information content (AvgIpc) is 2.66. The Hall–Kier alpha value is -1.47. The highest BCUT2D eigenvalue weighted by Gasteiger charge is 2.27. The number of benzene rings is 2. The van der Waals surface area contributed by atoms with Gasteiger partial charge in [0, 0.05) is 17.6 Å². The number of carbonyl (C=O) groups excluding carboxylic acids is 2. The molecule has 2 amide bonds. The van der Waals surface area contributed by atoms with E-state index in [1.54, 1.807) is 43.3 Å². The predicted octanol–water partition coefficient (Wildman–Crippen LogP) is 5.73. The van der Waals surface area contributed by atoms with Crippen LogP contribution in [0.15, 0.2) is 40.9 Å². The summed E-state index contributed by atoms with van der Waals surface area (Å²) < 4.78 is 6.28. The van der Waals surface area contributed by atoms with Gasteiger partial charge in [-0.25, -0.2) is 0 Å². The Bertz CT molecular complexity index is 924. The average molecular weight is 537 g/mol. The molecule has 2 aromatic rings. The number of ether oxygens (including phenoxy) is 1. The summed E-state index contributed by atoms with van der Waals surface area (Å²) in [6, 6.07) is 9.33. The SMILES string of the molecule is CC(C)NC(=O)[C@@H](C)N(Cc1ccc(Cl)c(Cl)c1)C(=O)COc1ccc(Cl)cc1Br. The summed E-state index contributed by atoms with van der Waals surface area (Å²) in [6.07, 6.45) is 0. The summed E-state index contributed by atoms with van der Waals surface area (Å²) in [5.41, 5.74) is 0.745. The van der Waals surface area contributed by atoms with Crippen LogP contribution in [-0.4, -0.2) is 35.4 Å². The molecule has 0 aromatic heterocycles. The van der Waals surface area contributed by atoms with E-state index in [-0.39, 0.29) is 31.0 Å². The summed E-state index contributed by atoms with van der Waals surface area (Å²) in [5.74, 6) is -0.137. The molecule has 0 heterocycles. The molecule has 2 rings (SSSR count). The first kappa shape index (κ1) is 24.8. The molecular formula is C21H22BrCl3N2O3. The van der Waals surface area contributed by atoms with Crippen molar-refractivity contribution < 1.29 is 14.3 Å². The van der Waals surface area contributed by atoms with Gasteiger partial charge in [-0.2, -0.15) is 0 Å². The lowest BCUT2D eigenvalue weighted by atomic mass is 10.1. The second kappa shape index (κ2) is 11.2. The normalized spacial score (nSPS) is 11.9. The van der Waals surface area contributed by atoms with Crippen LogP contribution in [0, 0.1) is 0 Å². The first-order valence-corrected chi connectivity index (χ1v) is 11.1. The zero-order chi connectivity index (χ0) is 22.4. The van der Waals surface area contributed by atoms with Gasteiger partial charge in [0.1, 0.15) is 11.8 Å². The van der Waals surface area contributed by atoms with Crippen LogP contribution in [-0.2, 0) is 16.1 Å². The van der Waals surface area contributed by atoms with Gasteiger partial charge in [0.25, 0.3) is 5.91 Å². The highest BCUT2D eigenvalue weighted by Crippen LogP contribution is 2.28. The Labute approximate surface area is 199 Å². The minimum absolute atomic E-state index is 0.0526. The van der Waals surface area contributed by atoms with Gasteiger partial charge in [-0.3, -0.25) is 9.59 Å². The van der Waals surface area contributed by atoms with E-state index in [1.165, 1.54) is 4.90 Å². The van der Waals surface area contributed by atoms with Crippen molar-refractivity contribution in [3.05, 3.63) is 61.5 Å². The molecule has 0 radical (unpaired) electrons. The Balaban J connectivity index is 2.20. The fourth-order valence-corrected chi connectivity index (χ4v) is 3.75. The molecule has 0 bridgehead atoms. The van der Waals surface area contributed by atoms with Gasteiger partial charge >= 0.3 is 0 Å². The van der Waals surface area contributed by atoms with E-state index in [0.717, 1.165) is 5.56 Å². The molecular weight excluding hydrogens is 515 g/mol. The minimum Gasteiger partial charge on any atom is -0.483 e. The standard InChI is InChI=1S/C21H22BrCl3N2O3/c1-12(2)26-21(29)13(3)27(10-14-4-6-17(24)18(25)8-14)20(28)11-30-19-7-5-15(23)9-16(19)22/h4-9,12-13H,10-11H2,1-3H3,(H,26,29)/t13-/m1/s1. The lowest BCUT2D eigenvalue weighted by Crippen LogP contribution is -2.50. The molecule has 0 unspecified atom stereocenters. The van der Waals surface area contributed by atoms with Crippen molar-refractivity contribution in [3.8, 4) is 5.75 Å². The van der Waals surface area contributed by atoms with E-state index in [2.05, 4.69) is 21.2 Å². The molecule has 0 spiro atoms. The third-order valence-electron chi connectivity index (χ3n) is 4.18. The van der Waals surface area contributed by atoms with Crippen LogP contribution in [0.2, 0.25) is 15.1 Å². The van der Waals surface area contributed by atoms with E-state index in [0.29, 0.717) is 25.3 Å². The van der Waals surface area contributed by atoms with Crippen LogP contribution in [0.4, 0.5) is 0 Å². The fourth-order valence-electron chi connectivity index (χ4n) is 2.64. The van der Waals surface area contributed by atoms with Crippen molar-refractivity contribution in [1.82, 2.24) is 10.2 Å². The molecule has 1 N–H and O–H groups in total. The Kier molecular flexibility index (Phi) is 9.29. The molecule has 0 saturated carbocycles. The molecule has 0 saturated heterocycles. The third kappa shape index (κ3) is 7.05. The third-order valence-corrected chi connectivity index (χ3v) is 5.77. The minimum atomic E-state index is -0.716. The first-order valence-electron chi connectivity index (χ1n) is 9.20. The van der Waals surface area contributed by atoms with Crippen molar-refractivity contribution in [1.29, 1.82) is 0 Å². The molecule has 9 heteroatoms. The molecule has 0 aliphatic heterocycles. The summed E-state index contributed by atoms with van der Waals surface area (Å²) in [4.78, 5) is 27.0. The smallest absolute Gasteiger partial charge is 0.261 e. The molecule has 30 heavy (non-hydrogen) atoms. The van der Waals surface area contributed by atoms with Crippen molar-refractivity contribution >= 4 is 62.5 Å². The number of nitrogens with zero attached hydrogens (tertiary/aromatic N) is 1. The van der Waals surface area contributed by atoms with Crippen LogP contribution in [0.1, 0.15) is 26.3 Å². The zero-order valence-corrected chi connectivity index (χ0v) is 20.6. The highest BCUT2D eigenvalue weighted by atomic mass is 79.9. The maximum atomic E-state index is 13.0. The number of hydrogen-bond acceptors (Lipinski definition) is 3. The molecule has 0 aliphatic rings. The van der Waals surface area contributed by atoms with Gasteiger partial charge in [0.05, 0.1) is 14.5 Å². The van der Waals surface area contributed by atoms with Gasteiger partial charge in [0.15, 0.2) is 6.61 Å². The molecule has 2 aromatic carbocycles. The van der Waals surface area contributed by atoms with Crippen LogP contribution in [0.25, 0.3) is 0 Å². The molecule has 0 fully saturated rings. The highest BCUT2D eigenvalue weighted by molar-refractivity contribution is 9.10. The van der Waals surface area contributed by atoms with Crippen molar-refractivity contribution in [2.24, 2.45) is 0 Å². The first-order chi connectivity index (χ1) is 14.1. The summed E-state index contributed by atoms with van der Waals surface area (Å²) >= 11 is 21.4. The van der Waals surface area contributed by atoms with E-state index in [1.807, 2.05) is 13.8 Å². The van der Waals surface area contributed by atoms with Gasteiger partial charge in [-0.05, 0) is 72.6 Å². The van der Waals surface area contributed by atoms with Gasteiger partial charge in [-0.1, -0.05) is 40.9 Å². The van der Waals surface area contributed by atoms with Crippen molar-refractivity contribution in [2.45, 2.75) is 39.4 Å². The predicted molar refractivity (Wildman–Crippen MR) is 124 cm³/mol. The van der Waals surface area contributed by atoms with E-state index < -0.39 is 6.04 Å². The van der Waals surface area contributed by atoms with Crippen LogP contribution >= 0.6 is 50.7 Å². The van der Waals surface area contributed by atoms with Gasteiger partial charge < -0.3 is 15.0 Å². The Morgan fingerprint density at radius 2 is 1.77 bits per heavy atom. The van der Waals surface area contributed by atoms with E-state index in [9.17, 15) is 9.59 Å². The molecule has 1 atom stereocenters.